The molecule has 28 heavy (non-hydrogen) atoms. The van der Waals surface area contributed by atoms with E-state index < -0.39 is 0 Å². The normalized spacial score (nSPS) is 16.1. The fourth-order valence-corrected chi connectivity index (χ4v) is 5.03. The van der Waals surface area contributed by atoms with Gasteiger partial charge in [0, 0.05) is 41.9 Å². The Hall–Kier alpha value is -1.41. The topological polar surface area (TPSA) is 60.5 Å². The van der Waals surface area contributed by atoms with E-state index in [-0.39, 0.29) is 18.4 Å². The lowest BCUT2D eigenvalue weighted by Gasteiger charge is -2.21. The SMILES string of the molecule is CCOC(C)c1nc(CC(=O)Nc2cccc(CSC3CCOCC3)c2)cs1. The summed E-state index contributed by atoms with van der Waals surface area (Å²) in [6, 6.07) is 8.11. The summed E-state index contributed by atoms with van der Waals surface area (Å²) in [7, 11) is 0. The van der Waals surface area contributed by atoms with Crippen molar-refractivity contribution in [3.8, 4) is 0 Å². The van der Waals surface area contributed by atoms with Crippen molar-refractivity contribution in [2.75, 3.05) is 25.1 Å². The Labute approximate surface area is 175 Å². The Balaban J connectivity index is 1.49. The van der Waals surface area contributed by atoms with Crippen LogP contribution in [0.1, 0.15) is 49.1 Å². The van der Waals surface area contributed by atoms with E-state index in [1.807, 2.05) is 43.1 Å². The van der Waals surface area contributed by atoms with Gasteiger partial charge in [-0.1, -0.05) is 12.1 Å². The average Bonchev–Trinajstić information content (AvgIpc) is 3.16. The third-order valence-electron chi connectivity index (χ3n) is 4.54. The predicted octanol–water partition coefficient (Wildman–Crippen LogP) is 4.83. The maximum Gasteiger partial charge on any atom is 0.230 e. The van der Waals surface area contributed by atoms with Crippen molar-refractivity contribution in [1.82, 2.24) is 4.98 Å². The number of ether oxygens (including phenoxy) is 2. The number of benzene rings is 1. The number of nitrogens with zero attached hydrogens (tertiary/aromatic N) is 1. The maximum atomic E-state index is 12.4. The van der Waals surface area contributed by atoms with Crippen LogP contribution in [0.25, 0.3) is 0 Å². The minimum absolute atomic E-state index is 0.0308. The van der Waals surface area contributed by atoms with Crippen LogP contribution in [0.5, 0.6) is 0 Å². The molecule has 3 rings (SSSR count). The number of thioether (sulfide) groups is 1. The minimum Gasteiger partial charge on any atom is -0.381 e. The summed E-state index contributed by atoms with van der Waals surface area (Å²) in [5.74, 6) is 0.911. The summed E-state index contributed by atoms with van der Waals surface area (Å²) >= 11 is 3.52. The van der Waals surface area contributed by atoms with Crippen molar-refractivity contribution >= 4 is 34.7 Å². The van der Waals surface area contributed by atoms with Crippen LogP contribution in [0, 0.1) is 0 Å². The summed E-state index contributed by atoms with van der Waals surface area (Å²) in [5, 5.41) is 6.52. The summed E-state index contributed by atoms with van der Waals surface area (Å²) in [5.41, 5.74) is 2.86. The van der Waals surface area contributed by atoms with Gasteiger partial charge in [0.1, 0.15) is 11.1 Å². The molecule has 1 aliphatic rings. The maximum absolute atomic E-state index is 12.4. The number of anilines is 1. The number of thiazole rings is 1. The predicted molar refractivity (Wildman–Crippen MR) is 116 cm³/mol. The molecule has 1 N–H and O–H groups in total. The van der Waals surface area contributed by atoms with Crippen LogP contribution >= 0.6 is 23.1 Å². The van der Waals surface area contributed by atoms with Crippen LogP contribution in [0.3, 0.4) is 0 Å². The number of rotatable bonds is 9. The van der Waals surface area contributed by atoms with Gasteiger partial charge in [0.05, 0.1) is 12.1 Å². The molecule has 0 aliphatic carbocycles. The smallest absolute Gasteiger partial charge is 0.230 e. The van der Waals surface area contributed by atoms with Crippen LogP contribution in [0.15, 0.2) is 29.6 Å². The van der Waals surface area contributed by atoms with Gasteiger partial charge in [0.15, 0.2) is 0 Å². The third kappa shape index (κ3) is 6.58. The second-order valence-electron chi connectivity index (χ2n) is 6.82. The monoisotopic (exact) mass is 420 g/mol. The average molecular weight is 421 g/mol. The molecule has 1 amide bonds. The first-order valence-corrected chi connectivity index (χ1v) is 11.7. The van der Waals surface area contributed by atoms with Crippen molar-refractivity contribution in [2.45, 2.75) is 50.2 Å². The number of hydrogen-bond acceptors (Lipinski definition) is 6. The Morgan fingerprint density at radius 1 is 1.43 bits per heavy atom. The highest BCUT2D eigenvalue weighted by Gasteiger charge is 2.15. The van der Waals surface area contributed by atoms with E-state index in [2.05, 4.69) is 22.4 Å². The van der Waals surface area contributed by atoms with Gasteiger partial charge in [-0.2, -0.15) is 11.8 Å². The molecule has 1 aliphatic heterocycles. The fourth-order valence-electron chi connectivity index (χ4n) is 3.08. The van der Waals surface area contributed by atoms with Crippen LogP contribution < -0.4 is 5.32 Å². The zero-order chi connectivity index (χ0) is 19.8. The first-order valence-electron chi connectivity index (χ1n) is 9.78. The first-order chi connectivity index (χ1) is 13.6. The molecular formula is C21H28N2O3S2. The lowest BCUT2D eigenvalue weighted by molar-refractivity contribution is -0.115. The number of carbonyl (C=O) groups is 1. The molecule has 1 aromatic heterocycles. The van der Waals surface area contributed by atoms with E-state index >= 15 is 0 Å². The van der Waals surface area contributed by atoms with E-state index in [1.165, 1.54) is 5.56 Å². The van der Waals surface area contributed by atoms with Gasteiger partial charge in [-0.25, -0.2) is 4.98 Å². The second kappa shape index (κ2) is 11.0. The number of aromatic nitrogens is 1. The largest absolute Gasteiger partial charge is 0.381 e. The van der Waals surface area contributed by atoms with Crippen molar-refractivity contribution < 1.29 is 14.3 Å². The molecule has 7 heteroatoms. The summed E-state index contributed by atoms with van der Waals surface area (Å²) < 4.78 is 11.0. The van der Waals surface area contributed by atoms with Crippen molar-refractivity contribution in [2.24, 2.45) is 0 Å². The first kappa shape index (κ1) is 21.3. The van der Waals surface area contributed by atoms with E-state index in [9.17, 15) is 4.79 Å². The van der Waals surface area contributed by atoms with Gasteiger partial charge in [-0.15, -0.1) is 11.3 Å². The van der Waals surface area contributed by atoms with Crippen LogP contribution in [0.2, 0.25) is 0 Å². The van der Waals surface area contributed by atoms with Crippen LogP contribution in [0.4, 0.5) is 5.69 Å². The zero-order valence-corrected chi connectivity index (χ0v) is 18.1. The Morgan fingerprint density at radius 3 is 3.04 bits per heavy atom. The third-order valence-corrected chi connectivity index (χ3v) is 7.04. The molecule has 0 bridgehead atoms. The molecule has 0 spiro atoms. The van der Waals surface area contributed by atoms with Crippen molar-refractivity contribution in [3.63, 3.8) is 0 Å². The van der Waals surface area contributed by atoms with Crippen LogP contribution in [-0.2, 0) is 26.4 Å². The van der Waals surface area contributed by atoms with E-state index in [1.54, 1.807) is 11.3 Å². The Bertz CT molecular complexity index is 760. The van der Waals surface area contributed by atoms with E-state index in [0.717, 1.165) is 48.2 Å². The molecule has 1 saturated heterocycles. The number of nitrogens with one attached hydrogen (secondary N) is 1. The van der Waals surface area contributed by atoms with Gasteiger partial charge in [0.2, 0.25) is 5.91 Å². The molecular weight excluding hydrogens is 392 g/mol. The minimum atomic E-state index is -0.0462. The van der Waals surface area contributed by atoms with Gasteiger partial charge < -0.3 is 14.8 Å². The highest BCUT2D eigenvalue weighted by Crippen LogP contribution is 2.26. The second-order valence-corrected chi connectivity index (χ2v) is 9.00. The van der Waals surface area contributed by atoms with E-state index in [0.29, 0.717) is 11.9 Å². The Morgan fingerprint density at radius 2 is 2.25 bits per heavy atom. The summed E-state index contributed by atoms with van der Waals surface area (Å²) in [6.45, 7) is 6.34. The van der Waals surface area contributed by atoms with Gasteiger partial charge >= 0.3 is 0 Å². The lowest BCUT2D eigenvalue weighted by Crippen LogP contribution is -2.17. The summed E-state index contributed by atoms with van der Waals surface area (Å²) in [6.07, 6.45) is 2.49. The molecule has 1 aromatic carbocycles. The van der Waals surface area contributed by atoms with Crippen LogP contribution in [-0.4, -0.2) is 36.0 Å². The molecule has 1 atom stereocenters. The Kier molecular flexibility index (Phi) is 8.33. The summed E-state index contributed by atoms with van der Waals surface area (Å²) in [4.78, 5) is 16.9. The van der Waals surface area contributed by atoms with Crippen molar-refractivity contribution in [1.29, 1.82) is 0 Å². The highest BCUT2D eigenvalue weighted by atomic mass is 32.2. The van der Waals surface area contributed by atoms with Gasteiger partial charge in [0.25, 0.3) is 0 Å². The standard InChI is InChI=1S/C21H28N2O3S2/c1-3-26-15(2)21-23-18(14-28-21)12-20(24)22-17-6-4-5-16(11-17)13-27-19-7-9-25-10-8-19/h4-6,11,14-15,19H,3,7-10,12-13H2,1-2H3,(H,22,24). The molecule has 2 heterocycles. The quantitative estimate of drug-likeness (QED) is 0.629. The molecule has 2 aromatic rings. The number of carbonyl (C=O) groups excluding carboxylic acids is 1. The lowest BCUT2D eigenvalue weighted by atomic mass is 10.2. The van der Waals surface area contributed by atoms with Crippen molar-refractivity contribution in [3.05, 3.63) is 45.9 Å². The number of hydrogen-bond donors (Lipinski definition) is 1. The zero-order valence-electron chi connectivity index (χ0n) is 16.5. The highest BCUT2D eigenvalue weighted by molar-refractivity contribution is 7.99. The molecule has 5 nitrogen and oxygen atoms in total. The molecule has 1 unspecified atom stereocenters. The van der Waals surface area contributed by atoms with E-state index in [4.69, 9.17) is 9.47 Å². The molecule has 0 radical (unpaired) electrons. The molecule has 1 fully saturated rings. The molecule has 0 saturated carbocycles. The number of amides is 1. The van der Waals surface area contributed by atoms with Gasteiger partial charge in [-0.05, 0) is 44.4 Å². The molecule has 152 valence electrons. The van der Waals surface area contributed by atoms with Gasteiger partial charge in [-0.3, -0.25) is 4.79 Å². The fraction of sp³-hybridized carbons (Fsp3) is 0.524.